The Morgan fingerprint density at radius 1 is 1.03 bits per heavy atom. The summed E-state index contributed by atoms with van der Waals surface area (Å²) in [4.78, 5) is 23.5. The van der Waals surface area contributed by atoms with Gasteiger partial charge in [0.15, 0.2) is 0 Å². The van der Waals surface area contributed by atoms with Gasteiger partial charge >= 0.3 is 0 Å². The first-order valence-corrected chi connectivity index (χ1v) is 11.4. The van der Waals surface area contributed by atoms with Crippen LogP contribution in [0.3, 0.4) is 0 Å². The molecule has 3 aromatic rings. The second-order valence-electron chi connectivity index (χ2n) is 7.98. The summed E-state index contributed by atoms with van der Waals surface area (Å²) in [5.41, 5.74) is 2.45. The number of carbonyl (C=O) groups excluding carboxylic acids is 1. The Hall–Kier alpha value is -2.34. The molecule has 1 aliphatic heterocycles. The minimum Gasteiger partial charge on any atom is -0.474 e. The van der Waals surface area contributed by atoms with Crippen LogP contribution >= 0.6 is 34.8 Å². The number of nitrogens with zero attached hydrogens (tertiary/aromatic N) is 3. The molecule has 0 spiro atoms. The van der Waals surface area contributed by atoms with Crippen molar-refractivity contribution in [2.75, 3.05) is 13.1 Å². The van der Waals surface area contributed by atoms with E-state index in [1.165, 1.54) is 0 Å². The Labute approximate surface area is 202 Å². The fourth-order valence-corrected chi connectivity index (χ4v) is 4.47. The zero-order valence-corrected chi connectivity index (χ0v) is 19.9. The lowest BCUT2D eigenvalue weighted by Crippen LogP contribution is -2.32. The second kappa shape index (κ2) is 9.65. The molecule has 3 heterocycles. The summed E-state index contributed by atoms with van der Waals surface area (Å²) in [6.07, 6.45) is 2.96. The highest BCUT2D eigenvalue weighted by Gasteiger charge is 2.40. The zero-order chi connectivity index (χ0) is 22.8. The predicted octanol–water partition coefficient (Wildman–Crippen LogP) is 6.07. The lowest BCUT2D eigenvalue weighted by molar-refractivity contribution is 0.0769. The van der Waals surface area contributed by atoms with Gasteiger partial charge in [0.1, 0.15) is 6.10 Å². The summed E-state index contributed by atoms with van der Waals surface area (Å²) in [7, 11) is 0. The number of rotatable bonds is 5. The molecule has 5 nitrogen and oxygen atoms in total. The maximum Gasteiger partial charge on any atom is 0.255 e. The maximum atomic E-state index is 13.2. The maximum absolute atomic E-state index is 13.2. The van der Waals surface area contributed by atoms with Crippen molar-refractivity contribution in [3.63, 3.8) is 0 Å². The van der Waals surface area contributed by atoms with Crippen LogP contribution in [0.5, 0.6) is 5.88 Å². The van der Waals surface area contributed by atoms with Gasteiger partial charge in [0.25, 0.3) is 5.91 Å². The van der Waals surface area contributed by atoms with Crippen molar-refractivity contribution in [2.24, 2.45) is 5.92 Å². The van der Waals surface area contributed by atoms with E-state index in [1.54, 1.807) is 30.6 Å². The normalized spacial score (nSPS) is 19.1. The first-order valence-electron chi connectivity index (χ1n) is 10.3. The van der Waals surface area contributed by atoms with Gasteiger partial charge in [-0.05, 0) is 49.7 Å². The van der Waals surface area contributed by atoms with Crippen LogP contribution in [0.2, 0.25) is 15.1 Å². The van der Waals surface area contributed by atoms with E-state index in [0.29, 0.717) is 39.6 Å². The van der Waals surface area contributed by atoms with Crippen LogP contribution in [0.15, 0.2) is 54.9 Å². The van der Waals surface area contributed by atoms with Gasteiger partial charge in [0.2, 0.25) is 5.88 Å². The van der Waals surface area contributed by atoms with E-state index in [-0.39, 0.29) is 23.8 Å². The average Bonchev–Trinajstić information content (AvgIpc) is 3.23. The van der Waals surface area contributed by atoms with Crippen molar-refractivity contribution in [2.45, 2.75) is 25.9 Å². The zero-order valence-electron chi connectivity index (χ0n) is 17.6. The number of pyridine rings is 2. The Balaban J connectivity index is 1.61. The van der Waals surface area contributed by atoms with Crippen LogP contribution in [0, 0.1) is 12.8 Å². The molecular formula is C24H22Cl3N3O2. The van der Waals surface area contributed by atoms with Crippen molar-refractivity contribution in [3.8, 4) is 5.88 Å². The average molecular weight is 491 g/mol. The molecule has 1 aromatic carbocycles. The Kier molecular flexibility index (Phi) is 6.89. The third-order valence-electron chi connectivity index (χ3n) is 5.79. The van der Waals surface area contributed by atoms with Crippen molar-refractivity contribution in [1.82, 2.24) is 14.9 Å². The third-order valence-corrected chi connectivity index (χ3v) is 6.75. The molecule has 8 heteroatoms. The number of aromatic nitrogens is 2. The summed E-state index contributed by atoms with van der Waals surface area (Å²) in [5, 5.41) is 1.53. The molecular weight excluding hydrogens is 469 g/mol. The molecule has 1 saturated heterocycles. The van der Waals surface area contributed by atoms with Crippen LogP contribution in [0.1, 0.15) is 34.5 Å². The summed E-state index contributed by atoms with van der Waals surface area (Å²) in [6.45, 7) is 4.96. The molecule has 2 aromatic heterocycles. The number of carbonyl (C=O) groups is 1. The summed E-state index contributed by atoms with van der Waals surface area (Å²) in [5.74, 6) is 0.477. The number of aryl methyl sites for hydroxylation is 1. The van der Waals surface area contributed by atoms with Crippen molar-refractivity contribution < 1.29 is 9.53 Å². The van der Waals surface area contributed by atoms with E-state index in [0.717, 1.165) is 11.3 Å². The monoisotopic (exact) mass is 489 g/mol. The smallest absolute Gasteiger partial charge is 0.255 e. The molecule has 32 heavy (non-hydrogen) atoms. The fourth-order valence-electron chi connectivity index (χ4n) is 4.05. The SMILES string of the molecule is Cc1ccc(C(=O)N2C[C@@H]([C@@H](C)Oc3ccc(Cl)cn3)[C@H](c3ccc(Cl)c(Cl)c3)C2)cn1. The molecule has 0 radical (unpaired) electrons. The first kappa shape index (κ1) is 22.8. The molecule has 1 aliphatic rings. The fraction of sp³-hybridized carbons (Fsp3) is 0.292. The lowest BCUT2D eigenvalue weighted by Gasteiger charge is -2.25. The molecule has 0 N–H and O–H groups in total. The number of benzene rings is 1. The summed E-state index contributed by atoms with van der Waals surface area (Å²) >= 11 is 18.4. The van der Waals surface area contributed by atoms with Crippen molar-refractivity contribution in [1.29, 1.82) is 0 Å². The van der Waals surface area contributed by atoms with Crippen LogP contribution in [0.25, 0.3) is 0 Å². The van der Waals surface area contributed by atoms with Gasteiger partial charge in [-0.2, -0.15) is 0 Å². The topological polar surface area (TPSA) is 55.3 Å². The number of likely N-dealkylation sites (tertiary alicyclic amines) is 1. The highest BCUT2D eigenvalue weighted by atomic mass is 35.5. The number of amides is 1. The highest BCUT2D eigenvalue weighted by molar-refractivity contribution is 6.42. The van der Waals surface area contributed by atoms with Gasteiger partial charge in [-0.1, -0.05) is 40.9 Å². The summed E-state index contributed by atoms with van der Waals surface area (Å²) < 4.78 is 6.13. The standard InChI is InChI=1S/C24H22Cl3N3O2/c1-14-3-4-17(10-28-14)24(31)30-12-19(15(2)32-23-8-6-18(25)11-29-23)20(13-30)16-5-7-21(26)22(27)9-16/h3-11,15,19-20H,12-13H2,1-2H3/t15-,19+,20+/m1/s1. The van der Waals surface area contributed by atoms with Gasteiger partial charge in [0, 0.05) is 49.1 Å². The molecule has 0 aliphatic carbocycles. The van der Waals surface area contributed by atoms with Crippen molar-refractivity contribution in [3.05, 3.63) is 86.7 Å². The largest absolute Gasteiger partial charge is 0.474 e. The van der Waals surface area contributed by atoms with Crippen molar-refractivity contribution >= 4 is 40.7 Å². The molecule has 166 valence electrons. The number of hydrogen-bond donors (Lipinski definition) is 0. The van der Waals surface area contributed by atoms with Crippen LogP contribution < -0.4 is 4.74 Å². The lowest BCUT2D eigenvalue weighted by atomic mass is 9.86. The number of hydrogen-bond acceptors (Lipinski definition) is 4. The summed E-state index contributed by atoms with van der Waals surface area (Å²) in [6, 6.07) is 12.7. The molecule has 4 rings (SSSR count). The van der Waals surface area contributed by atoms with E-state index in [4.69, 9.17) is 39.5 Å². The van der Waals surface area contributed by atoms with Crippen LogP contribution in [0.4, 0.5) is 0 Å². The Bertz CT molecular complexity index is 1110. The van der Waals surface area contributed by atoms with Gasteiger partial charge in [-0.3, -0.25) is 9.78 Å². The Morgan fingerprint density at radius 2 is 1.84 bits per heavy atom. The molecule has 0 saturated carbocycles. The molecule has 1 amide bonds. The highest BCUT2D eigenvalue weighted by Crippen LogP contribution is 2.38. The van der Waals surface area contributed by atoms with Crippen LogP contribution in [-0.4, -0.2) is 40.0 Å². The molecule has 3 atom stereocenters. The van der Waals surface area contributed by atoms with Gasteiger partial charge in [0.05, 0.1) is 20.6 Å². The Morgan fingerprint density at radius 3 is 2.50 bits per heavy atom. The molecule has 0 unspecified atom stereocenters. The van der Waals surface area contributed by atoms with E-state index in [2.05, 4.69) is 9.97 Å². The van der Waals surface area contributed by atoms with Crippen LogP contribution in [-0.2, 0) is 0 Å². The van der Waals surface area contributed by atoms with E-state index < -0.39 is 0 Å². The van der Waals surface area contributed by atoms with E-state index in [1.807, 2.05) is 43.0 Å². The molecule has 1 fully saturated rings. The minimum atomic E-state index is -0.211. The first-order chi connectivity index (χ1) is 15.3. The third kappa shape index (κ3) is 5.01. The second-order valence-corrected chi connectivity index (χ2v) is 9.23. The predicted molar refractivity (Wildman–Crippen MR) is 127 cm³/mol. The van der Waals surface area contributed by atoms with E-state index in [9.17, 15) is 4.79 Å². The van der Waals surface area contributed by atoms with Gasteiger partial charge in [-0.15, -0.1) is 0 Å². The van der Waals surface area contributed by atoms with Gasteiger partial charge < -0.3 is 9.64 Å². The molecule has 0 bridgehead atoms. The van der Waals surface area contributed by atoms with E-state index >= 15 is 0 Å². The number of halogens is 3. The van der Waals surface area contributed by atoms with Gasteiger partial charge in [-0.25, -0.2) is 4.98 Å². The minimum absolute atomic E-state index is 0.0204. The number of ether oxygens (including phenoxy) is 1. The quantitative estimate of drug-likeness (QED) is 0.436.